The number of rotatable bonds is 1. The molecule has 14 heavy (non-hydrogen) atoms. The van der Waals surface area contributed by atoms with Gasteiger partial charge in [0.2, 0.25) is 0 Å². The molecule has 0 saturated carbocycles. The largest absolute Gasteiger partial charge is 0.346 e. The molecule has 2 nitrogen and oxygen atoms in total. The number of aromatic amines is 1. The number of hydrogen-bond donors (Lipinski definition) is 1. The van der Waals surface area contributed by atoms with E-state index in [4.69, 9.17) is 0 Å². The van der Waals surface area contributed by atoms with Crippen LogP contribution in [0.4, 0.5) is 4.39 Å². The smallest absolute Gasteiger partial charge is 0.123 e. The zero-order valence-electron chi connectivity index (χ0n) is 8.13. The molecule has 0 atom stereocenters. The molecule has 2 aromatic rings. The minimum Gasteiger partial charge on any atom is -0.346 e. The highest BCUT2D eigenvalue weighted by molar-refractivity contribution is 5.61. The molecule has 2 rings (SSSR count). The summed E-state index contributed by atoms with van der Waals surface area (Å²) in [6, 6.07) is 6.46. The molecule has 0 aliphatic rings. The van der Waals surface area contributed by atoms with Crippen LogP contribution in [0.15, 0.2) is 24.3 Å². The Hall–Kier alpha value is -1.64. The molecule has 72 valence electrons. The molecule has 1 aromatic carbocycles. The van der Waals surface area contributed by atoms with Gasteiger partial charge in [0.25, 0.3) is 0 Å². The topological polar surface area (TPSA) is 28.7 Å². The van der Waals surface area contributed by atoms with Gasteiger partial charge in [-0.2, -0.15) is 0 Å². The van der Waals surface area contributed by atoms with E-state index in [0.717, 1.165) is 22.8 Å². The van der Waals surface area contributed by atoms with Crippen LogP contribution in [0.25, 0.3) is 11.3 Å². The fraction of sp³-hybridized carbons (Fsp3) is 0.182. The fourth-order valence-electron chi connectivity index (χ4n) is 1.53. The molecule has 0 radical (unpaired) electrons. The van der Waals surface area contributed by atoms with Gasteiger partial charge in [0.15, 0.2) is 0 Å². The first kappa shape index (κ1) is 8.94. The van der Waals surface area contributed by atoms with Crippen LogP contribution in [-0.2, 0) is 0 Å². The average molecular weight is 190 g/mol. The van der Waals surface area contributed by atoms with Crippen molar-refractivity contribution in [2.75, 3.05) is 0 Å². The van der Waals surface area contributed by atoms with Crippen molar-refractivity contribution in [1.29, 1.82) is 0 Å². The molecule has 0 amide bonds. The SMILES string of the molecule is Cc1nc(-c2cccc(F)c2)c(C)[nH]1. The average Bonchev–Trinajstić information content (AvgIpc) is 2.45. The number of H-pyrrole nitrogens is 1. The number of hydrogen-bond acceptors (Lipinski definition) is 1. The summed E-state index contributed by atoms with van der Waals surface area (Å²) < 4.78 is 13.0. The number of aromatic nitrogens is 2. The lowest BCUT2D eigenvalue weighted by molar-refractivity contribution is 0.628. The quantitative estimate of drug-likeness (QED) is 0.736. The minimum absolute atomic E-state index is 0.234. The second-order valence-electron chi connectivity index (χ2n) is 3.31. The van der Waals surface area contributed by atoms with Gasteiger partial charge in [0, 0.05) is 11.3 Å². The second-order valence-corrected chi connectivity index (χ2v) is 3.31. The molecular weight excluding hydrogens is 179 g/mol. The van der Waals surface area contributed by atoms with Crippen LogP contribution in [-0.4, -0.2) is 9.97 Å². The third-order valence-corrected chi connectivity index (χ3v) is 2.10. The number of aryl methyl sites for hydroxylation is 2. The van der Waals surface area contributed by atoms with Crippen molar-refractivity contribution < 1.29 is 4.39 Å². The Morgan fingerprint density at radius 2 is 2.07 bits per heavy atom. The summed E-state index contributed by atoms with van der Waals surface area (Å²) >= 11 is 0. The molecule has 0 saturated heterocycles. The van der Waals surface area contributed by atoms with Crippen LogP contribution in [0.3, 0.4) is 0 Å². The lowest BCUT2D eigenvalue weighted by Crippen LogP contribution is -1.82. The summed E-state index contributed by atoms with van der Waals surface area (Å²) in [7, 11) is 0. The van der Waals surface area contributed by atoms with Crippen molar-refractivity contribution in [3.8, 4) is 11.3 Å². The van der Waals surface area contributed by atoms with Crippen LogP contribution in [0.1, 0.15) is 11.5 Å². The Morgan fingerprint density at radius 3 is 2.64 bits per heavy atom. The first-order valence-corrected chi connectivity index (χ1v) is 4.46. The van der Waals surface area contributed by atoms with E-state index in [1.807, 2.05) is 19.9 Å². The molecule has 3 heteroatoms. The summed E-state index contributed by atoms with van der Waals surface area (Å²) in [6.45, 7) is 3.82. The van der Waals surface area contributed by atoms with Gasteiger partial charge in [-0.05, 0) is 26.0 Å². The Kier molecular flexibility index (Phi) is 2.08. The van der Waals surface area contributed by atoms with Crippen molar-refractivity contribution in [2.24, 2.45) is 0 Å². The van der Waals surface area contributed by atoms with Crippen LogP contribution < -0.4 is 0 Å². The minimum atomic E-state index is -0.234. The predicted octanol–water partition coefficient (Wildman–Crippen LogP) is 2.83. The maximum Gasteiger partial charge on any atom is 0.123 e. The molecule has 0 spiro atoms. The normalized spacial score (nSPS) is 10.5. The van der Waals surface area contributed by atoms with Crippen molar-refractivity contribution in [3.63, 3.8) is 0 Å². The lowest BCUT2D eigenvalue weighted by atomic mass is 10.1. The number of benzene rings is 1. The predicted molar refractivity (Wildman–Crippen MR) is 53.5 cm³/mol. The van der Waals surface area contributed by atoms with Gasteiger partial charge in [0.1, 0.15) is 11.6 Å². The highest BCUT2D eigenvalue weighted by Crippen LogP contribution is 2.21. The van der Waals surface area contributed by atoms with E-state index in [9.17, 15) is 4.39 Å². The summed E-state index contributed by atoms with van der Waals surface area (Å²) in [4.78, 5) is 7.39. The molecule has 0 aliphatic heterocycles. The van der Waals surface area contributed by atoms with Crippen LogP contribution in [0.5, 0.6) is 0 Å². The van der Waals surface area contributed by atoms with Gasteiger partial charge in [0.05, 0.1) is 5.69 Å². The molecule has 0 unspecified atom stereocenters. The van der Waals surface area contributed by atoms with Gasteiger partial charge in [-0.1, -0.05) is 12.1 Å². The van der Waals surface area contributed by atoms with E-state index < -0.39 is 0 Å². The number of nitrogens with one attached hydrogen (secondary N) is 1. The van der Waals surface area contributed by atoms with Gasteiger partial charge < -0.3 is 4.98 Å². The number of nitrogens with zero attached hydrogens (tertiary/aromatic N) is 1. The summed E-state index contributed by atoms with van der Waals surface area (Å²) in [5, 5.41) is 0. The van der Waals surface area contributed by atoms with Gasteiger partial charge >= 0.3 is 0 Å². The van der Waals surface area contributed by atoms with Crippen LogP contribution >= 0.6 is 0 Å². The molecular formula is C11H11FN2. The first-order chi connectivity index (χ1) is 6.66. The monoisotopic (exact) mass is 190 g/mol. The number of halogens is 1. The van der Waals surface area contributed by atoms with E-state index in [0.29, 0.717) is 0 Å². The second kappa shape index (κ2) is 3.25. The Bertz CT molecular complexity index is 460. The summed E-state index contributed by atoms with van der Waals surface area (Å²) in [5.41, 5.74) is 2.60. The van der Waals surface area contributed by atoms with E-state index in [2.05, 4.69) is 9.97 Å². The first-order valence-electron chi connectivity index (χ1n) is 4.46. The molecule has 1 aromatic heterocycles. The zero-order chi connectivity index (χ0) is 10.1. The van der Waals surface area contributed by atoms with Crippen molar-refractivity contribution in [1.82, 2.24) is 9.97 Å². The Labute approximate surface area is 81.8 Å². The van der Waals surface area contributed by atoms with Crippen molar-refractivity contribution >= 4 is 0 Å². The van der Waals surface area contributed by atoms with E-state index in [-0.39, 0.29) is 5.82 Å². The number of imidazole rings is 1. The van der Waals surface area contributed by atoms with Crippen molar-refractivity contribution in [3.05, 3.63) is 41.6 Å². The molecule has 0 aliphatic carbocycles. The van der Waals surface area contributed by atoms with Gasteiger partial charge in [-0.25, -0.2) is 9.37 Å². The standard InChI is InChI=1S/C11H11FN2/c1-7-11(14-8(2)13-7)9-4-3-5-10(12)6-9/h3-6H,1-2H3,(H,13,14). The van der Waals surface area contributed by atoms with Crippen LogP contribution in [0.2, 0.25) is 0 Å². The van der Waals surface area contributed by atoms with E-state index >= 15 is 0 Å². The highest BCUT2D eigenvalue weighted by Gasteiger charge is 2.06. The zero-order valence-corrected chi connectivity index (χ0v) is 8.13. The summed E-state index contributed by atoms with van der Waals surface area (Å²) in [5.74, 6) is 0.615. The maximum atomic E-state index is 13.0. The fourth-order valence-corrected chi connectivity index (χ4v) is 1.53. The third kappa shape index (κ3) is 1.53. The lowest BCUT2D eigenvalue weighted by Gasteiger charge is -1.97. The van der Waals surface area contributed by atoms with Gasteiger partial charge in [-0.15, -0.1) is 0 Å². The summed E-state index contributed by atoms with van der Waals surface area (Å²) in [6.07, 6.45) is 0. The molecule has 1 N–H and O–H groups in total. The Morgan fingerprint density at radius 1 is 1.29 bits per heavy atom. The Balaban J connectivity index is 2.54. The van der Waals surface area contributed by atoms with Crippen molar-refractivity contribution in [2.45, 2.75) is 13.8 Å². The van der Waals surface area contributed by atoms with E-state index in [1.165, 1.54) is 12.1 Å². The van der Waals surface area contributed by atoms with Crippen LogP contribution in [0, 0.1) is 19.7 Å². The molecule has 0 fully saturated rings. The molecule has 1 heterocycles. The highest BCUT2D eigenvalue weighted by atomic mass is 19.1. The van der Waals surface area contributed by atoms with Gasteiger partial charge in [-0.3, -0.25) is 0 Å². The maximum absolute atomic E-state index is 13.0. The third-order valence-electron chi connectivity index (χ3n) is 2.10. The van der Waals surface area contributed by atoms with E-state index in [1.54, 1.807) is 6.07 Å². The molecule has 0 bridgehead atoms.